The summed E-state index contributed by atoms with van der Waals surface area (Å²) in [6, 6.07) is 8.77. The summed E-state index contributed by atoms with van der Waals surface area (Å²) >= 11 is 0. The molecule has 1 aliphatic rings. The second kappa shape index (κ2) is 8.52. The molecule has 0 radical (unpaired) electrons. The molecule has 0 amide bonds. The van der Waals surface area contributed by atoms with Crippen LogP contribution in [0.4, 0.5) is 13.2 Å². The number of halogens is 3. The Balaban J connectivity index is 1.27. The van der Waals surface area contributed by atoms with E-state index < -0.39 is 11.7 Å². The summed E-state index contributed by atoms with van der Waals surface area (Å²) in [6.07, 6.45) is 8.03. The first-order chi connectivity index (χ1) is 18.4. The molecular weight excluding hydrogens is 495 g/mol. The second-order valence-electron chi connectivity index (χ2n) is 9.50. The summed E-state index contributed by atoms with van der Waals surface area (Å²) in [5, 5.41) is 7.66. The molecule has 0 atom stereocenters. The summed E-state index contributed by atoms with van der Waals surface area (Å²) in [7, 11) is 0. The van der Waals surface area contributed by atoms with E-state index in [9.17, 15) is 8.78 Å². The standard InChI is InChI=1S/C27H20F3N7O/c28-21-9-17(18-7-15(10-31-11-18)12-37-5-3-27(29,30)14-37)8-20-22(21)35-36-24(20)26-33-23-19(16-2-6-38-13-16)1-4-32-25(23)34-26/h1-2,4,6-11,13H,3,5,12,14H2,(H,35,36)(H,32,33,34). The molecule has 0 spiro atoms. The number of H-pyrrole nitrogens is 2. The molecule has 38 heavy (non-hydrogen) atoms. The average molecular weight is 515 g/mol. The lowest BCUT2D eigenvalue weighted by atomic mass is 10.0. The molecule has 1 aromatic carbocycles. The lowest BCUT2D eigenvalue weighted by Crippen LogP contribution is -2.24. The number of likely N-dealkylation sites (tertiary alicyclic amines) is 1. The van der Waals surface area contributed by atoms with E-state index >= 15 is 4.39 Å². The Morgan fingerprint density at radius 1 is 1.08 bits per heavy atom. The van der Waals surface area contributed by atoms with Gasteiger partial charge in [-0.3, -0.25) is 15.0 Å². The number of aromatic amines is 2. The number of hydrogen-bond acceptors (Lipinski definition) is 6. The van der Waals surface area contributed by atoms with Crippen molar-refractivity contribution in [3.8, 4) is 33.8 Å². The Kier molecular flexibility index (Phi) is 5.08. The molecular formula is C27H20F3N7O. The van der Waals surface area contributed by atoms with Crippen molar-refractivity contribution in [1.82, 2.24) is 35.0 Å². The Bertz CT molecular complexity index is 1790. The molecule has 8 nitrogen and oxygen atoms in total. The molecule has 6 heterocycles. The van der Waals surface area contributed by atoms with E-state index in [2.05, 4.69) is 25.1 Å². The number of imidazole rings is 1. The van der Waals surface area contributed by atoms with Crippen molar-refractivity contribution in [3.63, 3.8) is 0 Å². The minimum absolute atomic E-state index is 0.147. The summed E-state index contributed by atoms with van der Waals surface area (Å²) in [5.41, 5.74) is 5.65. The number of rotatable bonds is 5. The van der Waals surface area contributed by atoms with E-state index in [0.29, 0.717) is 52.3 Å². The molecule has 2 N–H and O–H groups in total. The molecule has 0 unspecified atom stereocenters. The van der Waals surface area contributed by atoms with Crippen LogP contribution in [0.15, 0.2) is 65.9 Å². The van der Waals surface area contributed by atoms with Crippen molar-refractivity contribution in [1.29, 1.82) is 0 Å². The van der Waals surface area contributed by atoms with Gasteiger partial charge in [-0.1, -0.05) is 0 Å². The third-order valence-electron chi connectivity index (χ3n) is 6.85. The zero-order chi connectivity index (χ0) is 25.9. The van der Waals surface area contributed by atoms with Gasteiger partial charge in [-0.05, 0) is 41.5 Å². The molecule has 1 saturated heterocycles. The van der Waals surface area contributed by atoms with Gasteiger partial charge in [-0.2, -0.15) is 5.10 Å². The highest BCUT2D eigenvalue weighted by Crippen LogP contribution is 2.34. The number of nitrogens with one attached hydrogen (secondary N) is 2. The monoisotopic (exact) mass is 515 g/mol. The predicted molar refractivity (Wildman–Crippen MR) is 135 cm³/mol. The highest BCUT2D eigenvalue weighted by molar-refractivity contribution is 5.97. The lowest BCUT2D eigenvalue weighted by molar-refractivity contribution is 0.0115. The van der Waals surface area contributed by atoms with Gasteiger partial charge >= 0.3 is 0 Å². The zero-order valence-corrected chi connectivity index (χ0v) is 19.9. The Labute approximate surface area is 213 Å². The third kappa shape index (κ3) is 3.91. The number of fused-ring (bicyclic) bond motifs is 2. The van der Waals surface area contributed by atoms with Crippen LogP contribution in [-0.4, -0.2) is 54.0 Å². The molecule has 6 aromatic rings. The molecule has 1 fully saturated rings. The van der Waals surface area contributed by atoms with Crippen molar-refractivity contribution >= 4 is 22.1 Å². The van der Waals surface area contributed by atoms with Crippen molar-refractivity contribution in [2.75, 3.05) is 13.1 Å². The smallest absolute Gasteiger partial charge is 0.261 e. The van der Waals surface area contributed by atoms with E-state index in [0.717, 1.165) is 16.7 Å². The Hall–Kier alpha value is -4.51. The molecule has 0 saturated carbocycles. The SMILES string of the molecule is Fc1cc(-c2cncc(CN3CCC(F)(F)C3)c2)cc2c(-c3nc4c(-c5ccoc5)ccnc4[nH]3)n[nH]c12. The minimum atomic E-state index is -2.66. The van der Waals surface area contributed by atoms with Crippen LogP contribution in [0.5, 0.6) is 0 Å². The van der Waals surface area contributed by atoms with E-state index in [-0.39, 0.29) is 18.5 Å². The first kappa shape index (κ1) is 22.7. The molecule has 1 aliphatic heterocycles. The van der Waals surface area contributed by atoms with Crippen LogP contribution in [-0.2, 0) is 6.54 Å². The van der Waals surface area contributed by atoms with Crippen LogP contribution < -0.4 is 0 Å². The fraction of sp³-hybridized carbons (Fsp3) is 0.185. The van der Waals surface area contributed by atoms with E-state index in [4.69, 9.17) is 9.40 Å². The molecule has 190 valence electrons. The van der Waals surface area contributed by atoms with Gasteiger partial charge in [0.1, 0.15) is 22.5 Å². The number of alkyl halides is 2. The first-order valence-electron chi connectivity index (χ1n) is 12.0. The minimum Gasteiger partial charge on any atom is -0.472 e. The number of aromatic nitrogens is 6. The van der Waals surface area contributed by atoms with Crippen LogP contribution in [0.25, 0.3) is 55.8 Å². The molecule has 0 bridgehead atoms. The summed E-state index contributed by atoms with van der Waals surface area (Å²) in [6.45, 7) is 0.402. The highest BCUT2D eigenvalue weighted by atomic mass is 19.3. The van der Waals surface area contributed by atoms with Gasteiger partial charge in [0, 0.05) is 60.2 Å². The number of nitrogens with zero attached hydrogens (tertiary/aromatic N) is 5. The quantitative estimate of drug-likeness (QED) is 0.301. The maximum absolute atomic E-state index is 15.2. The van der Waals surface area contributed by atoms with E-state index in [1.54, 1.807) is 36.0 Å². The van der Waals surface area contributed by atoms with Crippen LogP contribution in [0.1, 0.15) is 12.0 Å². The first-order valence-corrected chi connectivity index (χ1v) is 12.0. The third-order valence-corrected chi connectivity index (χ3v) is 6.85. The topological polar surface area (TPSA) is 99.5 Å². The van der Waals surface area contributed by atoms with Crippen LogP contribution >= 0.6 is 0 Å². The van der Waals surface area contributed by atoms with Gasteiger partial charge in [0.2, 0.25) is 0 Å². The van der Waals surface area contributed by atoms with E-state index in [1.165, 1.54) is 6.07 Å². The summed E-state index contributed by atoms with van der Waals surface area (Å²) < 4.78 is 47.7. The Morgan fingerprint density at radius 2 is 2.00 bits per heavy atom. The van der Waals surface area contributed by atoms with Gasteiger partial charge in [-0.15, -0.1) is 0 Å². The molecule has 5 aromatic heterocycles. The van der Waals surface area contributed by atoms with Crippen molar-refractivity contribution in [2.45, 2.75) is 18.9 Å². The van der Waals surface area contributed by atoms with Gasteiger partial charge < -0.3 is 9.40 Å². The molecule has 0 aliphatic carbocycles. The van der Waals surface area contributed by atoms with Crippen molar-refractivity contribution in [3.05, 3.63) is 72.8 Å². The van der Waals surface area contributed by atoms with Crippen LogP contribution in [0.3, 0.4) is 0 Å². The molecule has 7 rings (SSSR count). The molecule has 11 heteroatoms. The fourth-order valence-electron chi connectivity index (χ4n) is 5.03. The van der Waals surface area contributed by atoms with E-state index in [1.807, 2.05) is 24.3 Å². The maximum Gasteiger partial charge on any atom is 0.261 e. The number of pyridine rings is 2. The second-order valence-corrected chi connectivity index (χ2v) is 9.50. The fourth-order valence-corrected chi connectivity index (χ4v) is 5.03. The maximum atomic E-state index is 15.2. The summed E-state index contributed by atoms with van der Waals surface area (Å²) in [5.74, 6) is -2.70. The summed E-state index contributed by atoms with van der Waals surface area (Å²) in [4.78, 5) is 18.3. The van der Waals surface area contributed by atoms with Gasteiger partial charge in [-0.25, -0.2) is 23.1 Å². The van der Waals surface area contributed by atoms with Crippen molar-refractivity contribution < 1.29 is 17.6 Å². The highest BCUT2D eigenvalue weighted by Gasteiger charge is 2.37. The number of hydrogen-bond donors (Lipinski definition) is 2. The number of benzene rings is 1. The van der Waals surface area contributed by atoms with Crippen LogP contribution in [0.2, 0.25) is 0 Å². The van der Waals surface area contributed by atoms with Gasteiger partial charge in [0.15, 0.2) is 11.5 Å². The normalized spacial score (nSPS) is 15.7. The van der Waals surface area contributed by atoms with Gasteiger partial charge in [0.25, 0.3) is 5.92 Å². The average Bonchev–Trinajstić information content (AvgIpc) is 3.70. The van der Waals surface area contributed by atoms with Crippen molar-refractivity contribution in [2.24, 2.45) is 0 Å². The number of furan rings is 1. The zero-order valence-electron chi connectivity index (χ0n) is 19.9. The van der Waals surface area contributed by atoms with Crippen LogP contribution in [0, 0.1) is 5.82 Å². The predicted octanol–water partition coefficient (Wildman–Crippen LogP) is 5.80. The largest absolute Gasteiger partial charge is 0.472 e. The van der Waals surface area contributed by atoms with Gasteiger partial charge in [0.05, 0.1) is 19.1 Å². The Morgan fingerprint density at radius 3 is 2.82 bits per heavy atom. The lowest BCUT2D eigenvalue weighted by Gasteiger charge is -2.15.